The second kappa shape index (κ2) is 7.95. The van der Waals surface area contributed by atoms with Crippen LogP contribution in [-0.4, -0.2) is 34.0 Å². The van der Waals surface area contributed by atoms with E-state index in [4.69, 9.17) is 19.9 Å². The van der Waals surface area contributed by atoms with Crippen molar-refractivity contribution in [2.24, 2.45) is 5.73 Å². The molecular weight excluding hydrogens is 230 g/mol. The molecule has 0 amide bonds. The van der Waals surface area contributed by atoms with Gasteiger partial charge in [-0.3, -0.25) is 0 Å². The van der Waals surface area contributed by atoms with Crippen molar-refractivity contribution in [2.75, 3.05) is 27.9 Å². The van der Waals surface area contributed by atoms with Crippen molar-refractivity contribution in [1.82, 2.24) is 0 Å². The van der Waals surface area contributed by atoms with Crippen LogP contribution in [0.15, 0.2) is 18.2 Å². The van der Waals surface area contributed by atoms with Gasteiger partial charge in [0.2, 0.25) is 0 Å². The van der Waals surface area contributed by atoms with E-state index in [2.05, 4.69) is 0 Å². The predicted molar refractivity (Wildman–Crippen MR) is 72.3 cm³/mol. The molecule has 0 heterocycles. The van der Waals surface area contributed by atoms with Gasteiger partial charge < -0.3 is 19.9 Å². The maximum Gasteiger partial charge on any atom is 0.160 e. The average molecular weight is 253 g/mol. The zero-order valence-electron chi connectivity index (χ0n) is 11.4. The molecule has 1 aromatic rings. The van der Waals surface area contributed by atoms with Crippen LogP contribution in [0, 0.1) is 0 Å². The lowest BCUT2D eigenvalue weighted by Gasteiger charge is -2.13. The maximum atomic E-state index is 6.08. The lowest BCUT2D eigenvalue weighted by Crippen LogP contribution is -2.23. The molecule has 0 radical (unpaired) electrons. The van der Waals surface area contributed by atoms with Crippen molar-refractivity contribution in [2.45, 2.75) is 25.3 Å². The predicted octanol–water partition coefficient (Wildman–Crippen LogP) is 2.00. The summed E-state index contributed by atoms with van der Waals surface area (Å²) < 4.78 is 15.5. The zero-order chi connectivity index (χ0) is 13.4. The molecule has 0 spiro atoms. The van der Waals surface area contributed by atoms with Crippen LogP contribution in [0.3, 0.4) is 0 Å². The van der Waals surface area contributed by atoms with Gasteiger partial charge in [-0.05, 0) is 37.0 Å². The number of rotatable bonds is 8. The molecule has 1 atom stereocenters. The van der Waals surface area contributed by atoms with E-state index in [1.54, 1.807) is 21.3 Å². The molecule has 102 valence electrons. The molecule has 2 N–H and O–H groups in total. The first kappa shape index (κ1) is 14.8. The summed E-state index contributed by atoms with van der Waals surface area (Å²) in [5.74, 6) is 1.49. The van der Waals surface area contributed by atoms with E-state index in [9.17, 15) is 0 Å². The topological polar surface area (TPSA) is 53.7 Å². The molecule has 0 saturated heterocycles. The molecule has 0 aliphatic carbocycles. The molecule has 4 heteroatoms. The molecule has 0 aliphatic rings. The van der Waals surface area contributed by atoms with Crippen LogP contribution < -0.4 is 15.2 Å². The number of hydrogen-bond acceptors (Lipinski definition) is 4. The number of ether oxygens (including phenoxy) is 3. The highest BCUT2D eigenvalue weighted by molar-refractivity contribution is 5.43. The van der Waals surface area contributed by atoms with Crippen molar-refractivity contribution >= 4 is 0 Å². The van der Waals surface area contributed by atoms with Crippen LogP contribution >= 0.6 is 0 Å². The lowest BCUT2D eigenvalue weighted by molar-refractivity contribution is 0.190. The van der Waals surface area contributed by atoms with E-state index in [0.717, 1.165) is 42.9 Å². The fraction of sp³-hybridized carbons (Fsp3) is 0.571. The van der Waals surface area contributed by atoms with Gasteiger partial charge in [0, 0.05) is 19.8 Å². The molecule has 1 unspecified atom stereocenters. The van der Waals surface area contributed by atoms with Crippen LogP contribution in [0.5, 0.6) is 11.5 Å². The molecule has 0 bridgehead atoms. The first-order valence-corrected chi connectivity index (χ1v) is 6.16. The van der Waals surface area contributed by atoms with Gasteiger partial charge in [-0.1, -0.05) is 6.07 Å². The second-order valence-corrected chi connectivity index (χ2v) is 4.29. The zero-order valence-corrected chi connectivity index (χ0v) is 11.4. The Hall–Kier alpha value is -1.26. The summed E-state index contributed by atoms with van der Waals surface area (Å²) in [5, 5.41) is 0. The van der Waals surface area contributed by atoms with Crippen molar-refractivity contribution in [3.63, 3.8) is 0 Å². The quantitative estimate of drug-likeness (QED) is 0.720. The maximum absolute atomic E-state index is 6.08. The van der Waals surface area contributed by atoms with Crippen LogP contribution in [0.1, 0.15) is 18.4 Å². The SMILES string of the molecule is COCCCC(N)Cc1ccc(OC)c(OC)c1. The van der Waals surface area contributed by atoms with Crippen molar-refractivity contribution in [3.05, 3.63) is 23.8 Å². The summed E-state index contributed by atoms with van der Waals surface area (Å²) in [6.07, 6.45) is 2.79. The molecule has 0 saturated carbocycles. The summed E-state index contributed by atoms with van der Waals surface area (Å²) >= 11 is 0. The largest absolute Gasteiger partial charge is 0.493 e. The summed E-state index contributed by atoms with van der Waals surface area (Å²) in [6, 6.07) is 6.07. The van der Waals surface area contributed by atoms with Crippen LogP contribution in [-0.2, 0) is 11.2 Å². The van der Waals surface area contributed by atoms with E-state index in [1.807, 2.05) is 18.2 Å². The van der Waals surface area contributed by atoms with Crippen LogP contribution in [0.2, 0.25) is 0 Å². The molecule has 1 rings (SSSR count). The Labute approximate surface area is 109 Å². The highest BCUT2D eigenvalue weighted by atomic mass is 16.5. The van der Waals surface area contributed by atoms with E-state index < -0.39 is 0 Å². The molecule has 4 nitrogen and oxygen atoms in total. The van der Waals surface area contributed by atoms with Crippen LogP contribution in [0.4, 0.5) is 0 Å². The van der Waals surface area contributed by atoms with Gasteiger partial charge in [-0.25, -0.2) is 0 Å². The van der Waals surface area contributed by atoms with Gasteiger partial charge >= 0.3 is 0 Å². The minimum Gasteiger partial charge on any atom is -0.493 e. The lowest BCUT2D eigenvalue weighted by atomic mass is 10.0. The monoisotopic (exact) mass is 253 g/mol. The van der Waals surface area contributed by atoms with Gasteiger partial charge in [0.25, 0.3) is 0 Å². The van der Waals surface area contributed by atoms with Crippen molar-refractivity contribution in [3.8, 4) is 11.5 Å². The van der Waals surface area contributed by atoms with Crippen molar-refractivity contribution < 1.29 is 14.2 Å². The highest BCUT2D eigenvalue weighted by Gasteiger charge is 2.08. The Morgan fingerprint density at radius 3 is 2.44 bits per heavy atom. The Balaban J connectivity index is 2.56. The number of methoxy groups -OCH3 is 3. The Kier molecular flexibility index (Phi) is 6.54. The van der Waals surface area contributed by atoms with Gasteiger partial charge in [0.05, 0.1) is 14.2 Å². The van der Waals surface area contributed by atoms with E-state index in [-0.39, 0.29) is 6.04 Å². The Bertz CT molecular complexity index is 355. The fourth-order valence-electron chi connectivity index (χ4n) is 1.90. The van der Waals surface area contributed by atoms with E-state index in [1.165, 1.54) is 0 Å². The first-order chi connectivity index (χ1) is 8.71. The molecule has 0 aliphatic heterocycles. The minimum absolute atomic E-state index is 0.151. The summed E-state index contributed by atoms with van der Waals surface area (Å²) in [4.78, 5) is 0. The molecular formula is C14H23NO3. The third kappa shape index (κ3) is 4.55. The minimum atomic E-state index is 0.151. The van der Waals surface area contributed by atoms with Crippen LogP contribution in [0.25, 0.3) is 0 Å². The third-order valence-corrected chi connectivity index (χ3v) is 2.87. The van der Waals surface area contributed by atoms with Gasteiger partial charge in [-0.15, -0.1) is 0 Å². The highest BCUT2D eigenvalue weighted by Crippen LogP contribution is 2.28. The first-order valence-electron chi connectivity index (χ1n) is 6.16. The van der Waals surface area contributed by atoms with Gasteiger partial charge in [-0.2, -0.15) is 0 Å². The third-order valence-electron chi connectivity index (χ3n) is 2.87. The van der Waals surface area contributed by atoms with Crippen molar-refractivity contribution in [1.29, 1.82) is 0 Å². The van der Waals surface area contributed by atoms with E-state index in [0.29, 0.717) is 0 Å². The Morgan fingerprint density at radius 1 is 1.11 bits per heavy atom. The smallest absolute Gasteiger partial charge is 0.160 e. The molecule has 0 aromatic heterocycles. The second-order valence-electron chi connectivity index (χ2n) is 4.29. The van der Waals surface area contributed by atoms with E-state index >= 15 is 0 Å². The standard InChI is InChI=1S/C14H23NO3/c1-16-8-4-5-12(15)9-11-6-7-13(17-2)14(10-11)18-3/h6-7,10,12H,4-5,8-9,15H2,1-3H3. The molecule has 1 aromatic carbocycles. The molecule has 0 fully saturated rings. The fourth-order valence-corrected chi connectivity index (χ4v) is 1.90. The summed E-state index contributed by atoms with van der Waals surface area (Å²) in [6.45, 7) is 0.764. The summed E-state index contributed by atoms with van der Waals surface area (Å²) in [7, 11) is 4.98. The Morgan fingerprint density at radius 2 is 1.83 bits per heavy atom. The van der Waals surface area contributed by atoms with Gasteiger partial charge in [0.1, 0.15) is 0 Å². The summed E-state index contributed by atoms with van der Waals surface area (Å²) in [5.41, 5.74) is 7.25. The normalized spacial score (nSPS) is 12.2. The van der Waals surface area contributed by atoms with Gasteiger partial charge in [0.15, 0.2) is 11.5 Å². The number of nitrogens with two attached hydrogens (primary N) is 1. The average Bonchev–Trinajstić information content (AvgIpc) is 2.39. The number of hydrogen-bond donors (Lipinski definition) is 1. The number of benzene rings is 1. The molecule has 18 heavy (non-hydrogen) atoms.